The number of ether oxygens (including phenoxy) is 2. The van der Waals surface area contributed by atoms with Crippen molar-refractivity contribution < 1.29 is 9.47 Å². The smallest absolute Gasteiger partial charge is 0.163 e. The zero-order valence-electron chi connectivity index (χ0n) is 12.3. The Kier molecular flexibility index (Phi) is 3.11. The number of benzene rings is 1. The number of hydrogen-bond donors (Lipinski definition) is 1. The molecule has 0 atom stereocenters. The quantitative estimate of drug-likeness (QED) is 0.779. The lowest BCUT2D eigenvalue weighted by molar-refractivity contribution is 0.171. The molecule has 3 heterocycles. The van der Waals surface area contributed by atoms with E-state index in [0.717, 1.165) is 39.0 Å². The number of fused-ring (bicyclic) bond motifs is 2. The Morgan fingerprint density at radius 1 is 1.05 bits per heavy atom. The Hall–Kier alpha value is -2.34. The van der Waals surface area contributed by atoms with E-state index in [4.69, 9.17) is 9.47 Å². The number of nitrogens with one attached hydrogen (secondary N) is 1. The van der Waals surface area contributed by atoms with Crippen molar-refractivity contribution in [1.29, 1.82) is 0 Å². The first-order valence-corrected chi connectivity index (χ1v) is 7.92. The van der Waals surface area contributed by atoms with Crippen LogP contribution in [-0.2, 0) is 0 Å². The van der Waals surface area contributed by atoms with Gasteiger partial charge in [0.25, 0.3) is 0 Å². The summed E-state index contributed by atoms with van der Waals surface area (Å²) >= 11 is 1.68. The van der Waals surface area contributed by atoms with Crippen LogP contribution in [0.2, 0.25) is 0 Å². The monoisotopic (exact) mass is 313 g/mol. The van der Waals surface area contributed by atoms with Gasteiger partial charge in [0.2, 0.25) is 0 Å². The lowest BCUT2D eigenvalue weighted by Gasteiger charge is -2.19. The van der Waals surface area contributed by atoms with E-state index in [9.17, 15) is 0 Å². The van der Waals surface area contributed by atoms with Gasteiger partial charge >= 0.3 is 0 Å². The Bertz CT molecular complexity index is 860. The highest BCUT2D eigenvalue weighted by molar-refractivity contribution is 7.18. The molecular weight excluding hydrogens is 298 g/mol. The van der Waals surface area contributed by atoms with Gasteiger partial charge in [-0.1, -0.05) is 0 Å². The van der Waals surface area contributed by atoms with E-state index in [2.05, 4.69) is 28.3 Å². The van der Waals surface area contributed by atoms with Crippen LogP contribution in [0, 0.1) is 13.8 Å². The maximum Gasteiger partial charge on any atom is 0.163 e. The molecule has 0 amide bonds. The van der Waals surface area contributed by atoms with Gasteiger partial charge < -0.3 is 14.8 Å². The van der Waals surface area contributed by atoms with E-state index >= 15 is 0 Å². The average molecular weight is 313 g/mol. The highest BCUT2D eigenvalue weighted by Gasteiger charge is 2.13. The van der Waals surface area contributed by atoms with E-state index in [-0.39, 0.29) is 0 Å². The van der Waals surface area contributed by atoms with Crippen LogP contribution in [0.15, 0.2) is 24.3 Å². The van der Waals surface area contributed by atoms with Crippen LogP contribution >= 0.6 is 11.3 Å². The summed E-state index contributed by atoms with van der Waals surface area (Å²) in [7, 11) is 0. The van der Waals surface area contributed by atoms with E-state index < -0.39 is 0 Å². The van der Waals surface area contributed by atoms with Crippen LogP contribution in [0.4, 0.5) is 11.5 Å². The molecule has 1 N–H and O–H groups in total. The van der Waals surface area contributed by atoms with Gasteiger partial charge in [0.1, 0.15) is 29.7 Å². The number of hydrogen-bond acceptors (Lipinski definition) is 6. The Labute approximate surface area is 131 Å². The van der Waals surface area contributed by atoms with E-state index in [0.29, 0.717) is 13.2 Å². The summed E-state index contributed by atoms with van der Waals surface area (Å²) in [6.45, 7) is 5.16. The third-order valence-corrected chi connectivity index (χ3v) is 4.38. The van der Waals surface area contributed by atoms with E-state index in [1.54, 1.807) is 11.3 Å². The van der Waals surface area contributed by atoms with Gasteiger partial charge in [0.15, 0.2) is 11.5 Å². The minimum absolute atomic E-state index is 0.580. The predicted molar refractivity (Wildman–Crippen MR) is 87.6 cm³/mol. The molecule has 0 fully saturated rings. The second kappa shape index (κ2) is 5.14. The standard InChI is InChI=1S/C16H15N3O2S/c1-9-7-12-15(17-10(2)18-16(12)22-9)19-11-3-4-13-14(8-11)21-6-5-20-13/h3-4,7-8H,5-6H2,1-2H3,(H,17,18,19). The predicted octanol–water partition coefficient (Wildman–Crippen LogP) is 3.82. The van der Waals surface area contributed by atoms with Gasteiger partial charge in [-0.2, -0.15) is 0 Å². The fourth-order valence-electron chi connectivity index (χ4n) is 2.50. The molecule has 0 radical (unpaired) electrons. The van der Waals surface area contributed by atoms with Crippen molar-refractivity contribution in [1.82, 2.24) is 9.97 Å². The first kappa shape index (κ1) is 13.3. The van der Waals surface area contributed by atoms with Gasteiger partial charge in [0, 0.05) is 16.6 Å². The first-order chi connectivity index (χ1) is 10.7. The SMILES string of the molecule is Cc1nc(Nc2ccc3c(c2)OCCO3)c2cc(C)sc2n1. The van der Waals surface area contributed by atoms with Crippen LogP contribution < -0.4 is 14.8 Å². The maximum absolute atomic E-state index is 5.62. The highest BCUT2D eigenvalue weighted by Crippen LogP contribution is 2.35. The van der Waals surface area contributed by atoms with Crippen molar-refractivity contribution >= 4 is 33.1 Å². The van der Waals surface area contributed by atoms with Crippen molar-refractivity contribution in [3.63, 3.8) is 0 Å². The minimum atomic E-state index is 0.580. The maximum atomic E-state index is 5.62. The fraction of sp³-hybridized carbons (Fsp3) is 0.250. The molecule has 0 spiro atoms. The number of thiophene rings is 1. The Morgan fingerprint density at radius 3 is 2.73 bits per heavy atom. The topological polar surface area (TPSA) is 56.3 Å². The van der Waals surface area contributed by atoms with Crippen molar-refractivity contribution in [2.45, 2.75) is 13.8 Å². The van der Waals surface area contributed by atoms with Gasteiger partial charge in [-0.25, -0.2) is 9.97 Å². The van der Waals surface area contributed by atoms with Crippen LogP contribution in [-0.4, -0.2) is 23.2 Å². The number of rotatable bonds is 2. The van der Waals surface area contributed by atoms with Crippen LogP contribution in [0.5, 0.6) is 11.5 Å². The third kappa shape index (κ3) is 2.35. The average Bonchev–Trinajstić information content (AvgIpc) is 2.87. The molecular formula is C16H15N3O2S. The molecule has 3 aromatic rings. The van der Waals surface area contributed by atoms with Crippen LogP contribution in [0.3, 0.4) is 0 Å². The molecule has 4 rings (SSSR count). The highest BCUT2D eigenvalue weighted by atomic mass is 32.1. The lowest BCUT2D eigenvalue weighted by atomic mass is 10.2. The third-order valence-electron chi connectivity index (χ3n) is 3.43. The number of aryl methyl sites for hydroxylation is 2. The summed E-state index contributed by atoms with van der Waals surface area (Å²) in [6.07, 6.45) is 0. The molecule has 112 valence electrons. The molecule has 22 heavy (non-hydrogen) atoms. The van der Waals surface area contributed by atoms with Crippen molar-refractivity contribution in [2.75, 3.05) is 18.5 Å². The fourth-order valence-corrected chi connectivity index (χ4v) is 3.43. The lowest BCUT2D eigenvalue weighted by Crippen LogP contribution is -2.15. The Morgan fingerprint density at radius 2 is 1.86 bits per heavy atom. The normalized spacial score (nSPS) is 13.4. The van der Waals surface area contributed by atoms with Crippen LogP contribution in [0.1, 0.15) is 10.7 Å². The molecule has 1 aliphatic rings. The van der Waals surface area contributed by atoms with Crippen molar-refractivity contribution in [3.8, 4) is 11.5 Å². The van der Waals surface area contributed by atoms with Gasteiger partial charge in [-0.3, -0.25) is 0 Å². The molecule has 0 saturated carbocycles. The van der Waals surface area contributed by atoms with Gasteiger partial charge in [-0.05, 0) is 32.0 Å². The molecule has 0 saturated heterocycles. The molecule has 0 unspecified atom stereocenters. The molecule has 6 heteroatoms. The summed E-state index contributed by atoms with van der Waals surface area (Å²) in [5.74, 6) is 3.13. The molecule has 5 nitrogen and oxygen atoms in total. The second-order valence-electron chi connectivity index (χ2n) is 5.18. The van der Waals surface area contributed by atoms with E-state index in [1.807, 2.05) is 25.1 Å². The molecule has 1 aromatic carbocycles. The molecule has 0 bridgehead atoms. The minimum Gasteiger partial charge on any atom is -0.486 e. The Balaban J connectivity index is 1.74. The summed E-state index contributed by atoms with van der Waals surface area (Å²) in [5, 5.41) is 4.42. The molecule has 2 aromatic heterocycles. The van der Waals surface area contributed by atoms with Crippen LogP contribution in [0.25, 0.3) is 10.2 Å². The number of anilines is 2. The summed E-state index contributed by atoms with van der Waals surface area (Å²) in [5.41, 5.74) is 0.924. The van der Waals surface area contributed by atoms with E-state index in [1.165, 1.54) is 4.88 Å². The van der Waals surface area contributed by atoms with Gasteiger partial charge in [0.05, 0.1) is 5.39 Å². The second-order valence-corrected chi connectivity index (χ2v) is 6.41. The zero-order valence-corrected chi connectivity index (χ0v) is 13.2. The summed E-state index contributed by atoms with van der Waals surface area (Å²) < 4.78 is 11.2. The van der Waals surface area contributed by atoms with Crippen molar-refractivity contribution in [2.24, 2.45) is 0 Å². The van der Waals surface area contributed by atoms with Gasteiger partial charge in [-0.15, -0.1) is 11.3 Å². The molecule has 1 aliphatic heterocycles. The first-order valence-electron chi connectivity index (χ1n) is 7.10. The number of aromatic nitrogens is 2. The molecule has 0 aliphatic carbocycles. The summed E-state index contributed by atoms with van der Waals surface area (Å²) in [4.78, 5) is 11.3. The largest absolute Gasteiger partial charge is 0.486 e. The number of nitrogens with zero attached hydrogens (tertiary/aromatic N) is 2. The summed E-state index contributed by atoms with van der Waals surface area (Å²) in [6, 6.07) is 7.94. The van der Waals surface area contributed by atoms with Crippen molar-refractivity contribution in [3.05, 3.63) is 35.0 Å². The zero-order chi connectivity index (χ0) is 15.1.